The van der Waals surface area contributed by atoms with Gasteiger partial charge in [0.05, 0.1) is 35.7 Å². The third-order valence-corrected chi connectivity index (χ3v) is 6.06. The van der Waals surface area contributed by atoms with Crippen LogP contribution in [0.15, 0.2) is 16.7 Å². The molecule has 0 aromatic carbocycles. The minimum atomic E-state index is -0.319. The maximum atomic E-state index is 12.3. The zero-order chi connectivity index (χ0) is 22.5. The van der Waals surface area contributed by atoms with E-state index in [0.717, 1.165) is 47.2 Å². The van der Waals surface area contributed by atoms with Crippen molar-refractivity contribution >= 4 is 28.4 Å². The summed E-state index contributed by atoms with van der Waals surface area (Å²) in [6.45, 7) is 9.17. The van der Waals surface area contributed by atoms with Crippen LogP contribution in [0.4, 0.5) is 15.9 Å². The highest BCUT2D eigenvalue weighted by Crippen LogP contribution is 2.32. The second-order valence-electron chi connectivity index (χ2n) is 7.43. The molecule has 3 aromatic heterocycles. The molecule has 0 saturated carbocycles. The zero-order valence-corrected chi connectivity index (χ0v) is 19.3. The van der Waals surface area contributed by atoms with Gasteiger partial charge in [0.25, 0.3) is 0 Å². The number of oxazole rings is 1. The number of rotatable bonds is 7. The molecule has 11 heteroatoms. The normalized spacial score (nSPS) is 13.9. The summed E-state index contributed by atoms with van der Waals surface area (Å²) in [5.41, 5.74) is 2.50. The summed E-state index contributed by atoms with van der Waals surface area (Å²) in [4.78, 5) is 33.4. The second kappa shape index (κ2) is 10.0. The summed E-state index contributed by atoms with van der Waals surface area (Å²) in [6.07, 6.45) is 3.04. The molecular formula is C21H27N7O3S. The van der Waals surface area contributed by atoms with Crippen molar-refractivity contribution < 1.29 is 13.9 Å². The number of amides is 2. The van der Waals surface area contributed by atoms with Gasteiger partial charge in [-0.3, -0.25) is 5.32 Å². The molecule has 0 atom stereocenters. The number of carbonyl (C=O) groups is 1. The van der Waals surface area contributed by atoms with E-state index in [1.165, 1.54) is 11.3 Å². The SMILES string of the molecule is CCc1cnc(CCNC(=O)Nc2nc(C)c(-c3cc(C)nc(N4CCOCC4)n3)s2)o1. The Morgan fingerprint density at radius 1 is 1.22 bits per heavy atom. The number of hydrogen-bond acceptors (Lipinski definition) is 9. The molecule has 32 heavy (non-hydrogen) atoms. The standard InChI is InChI=1S/C21H27N7O3S/c1-4-15-12-23-17(31-15)5-6-22-20(29)27-21-25-14(3)18(32-21)16-11-13(2)24-19(26-16)28-7-9-30-10-8-28/h11-12H,4-10H2,1-3H3,(H2,22,25,27,29). The fourth-order valence-electron chi connectivity index (χ4n) is 3.31. The number of hydrogen-bond donors (Lipinski definition) is 2. The van der Waals surface area contributed by atoms with Crippen LogP contribution in [-0.2, 0) is 17.6 Å². The van der Waals surface area contributed by atoms with Crippen molar-refractivity contribution in [1.29, 1.82) is 0 Å². The van der Waals surface area contributed by atoms with E-state index in [4.69, 9.17) is 14.1 Å². The van der Waals surface area contributed by atoms with Gasteiger partial charge in [0, 0.05) is 38.2 Å². The topological polar surface area (TPSA) is 118 Å². The van der Waals surface area contributed by atoms with Gasteiger partial charge in [-0.05, 0) is 19.9 Å². The van der Waals surface area contributed by atoms with E-state index in [2.05, 4.69) is 30.5 Å². The lowest BCUT2D eigenvalue weighted by Gasteiger charge is -2.27. The number of aryl methyl sites for hydroxylation is 3. The first-order valence-corrected chi connectivity index (χ1v) is 11.5. The van der Waals surface area contributed by atoms with Gasteiger partial charge in [0.15, 0.2) is 11.0 Å². The molecule has 4 rings (SSSR count). The summed E-state index contributed by atoms with van der Waals surface area (Å²) in [5, 5.41) is 6.13. The molecule has 0 unspecified atom stereocenters. The van der Waals surface area contributed by atoms with Gasteiger partial charge < -0.3 is 19.4 Å². The van der Waals surface area contributed by atoms with Gasteiger partial charge in [-0.2, -0.15) is 0 Å². The Bertz CT molecular complexity index is 1080. The quantitative estimate of drug-likeness (QED) is 0.556. The number of morpholine rings is 1. The molecule has 0 spiro atoms. The van der Waals surface area contributed by atoms with E-state index in [1.807, 2.05) is 26.8 Å². The number of aromatic nitrogens is 4. The molecule has 4 heterocycles. The van der Waals surface area contributed by atoms with Crippen molar-refractivity contribution in [3.63, 3.8) is 0 Å². The molecule has 1 saturated heterocycles. The predicted octanol–water partition coefficient (Wildman–Crippen LogP) is 2.97. The Labute approximate surface area is 190 Å². The van der Waals surface area contributed by atoms with Crippen molar-refractivity contribution in [3.8, 4) is 10.6 Å². The first-order valence-electron chi connectivity index (χ1n) is 10.7. The van der Waals surface area contributed by atoms with Crippen LogP contribution in [0.25, 0.3) is 10.6 Å². The molecule has 1 aliphatic heterocycles. The third-order valence-electron chi connectivity index (χ3n) is 4.96. The van der Waals surface area contributed by atoms with Crippen LogP contribution in [-0.4, -0.2) is 58.8 Å². The minimum Gasteiger partial charge on any atom is -0.446 e. The maximum Gasteiger partial charge on any atom is 0.321 e. The number of anilines is 2. The first kappa shape index (κ1) is 22.2. The van der Waals surface area contributed by atoms with Gasteiger partial charge >= 0.3 is 6.03 Å². The van der Waals surface area contributed by atoms with E-state index in [-0.39, 0.29) is 6.03 Å². The van der Waals surface area contributed by atoms with E-state index in [9.17, 15) is 4.79 Å². The van der Waals surface area contributed by atoms with E-state index in [1.54, 1.807) is 6.20 Å². The number of nitrogens with zero attached hydrogens (tertiary/aromatic N) is 5. The number of thiazole rings is 1. The average Bonchev–Trinajstić information content (AvgIpc) is 3.40. The maximum absolute atomic E-state index is 12.3. The zero-order valence-electron chi connectivity index (χ0n) is 18.5. The lowest BCUT2D eigenvalue weighted by atomic mass is 10.2. The van der Waals surface area contributed by atoms with Gasteiger partial charge in [0.2, 0.25) is 5.95 Å². The summed E-state index contributed by atoms with van der Waals surface area (Å²) >= 11 is 1.39. The Kier molecular flexibility index (Phi) is 6.96. The van der Waals surface area contributed by atoms with E-state index < -0.39 is 0 Å². The Balaban J connectivity index is 1.39. The van der Waals surface area contributed by atoms with Gasteiger partial charge in [-0.1, -0.05) is 18.3 Å². The molecule has 0 aliphatic carbocycles. The largest absolute Gasteiger partial charge is 0.446 e. The van der Waals surface area contributed by atoms with Crippen molar-refractivity contribution in [3.05, 3.63) is 35.3 Å². The fourth-order valence-corrected chi connectivity index (χ4v) is 4.23. The number of urea groups is 1. The molecule has 0 bridgehead atoms. The van der Waals surface area contributed by atoms with Crippen molar-refractivity contribution in [2.45, 2.75) is 33.6 Å². The minimum absolute atomic E-state index is 0.319. The molecule has 2 amide bonds. The predicted molar refractivity (Wildman–Crippen MR) is 122 cm³/mol. The lowest BCUT2D eigenvalue weighted by molar-refractivity contribution is 0.122. The Morgan fingerprint density at radius 2 is 2.03 bits per heavy atom. The van der Waals surface area contributed by atoms with Crippen LogP contribution in [0.2, 0.25) is 0 Å². The Morgan fingerprint density at radius 3 is 2.78 bits per heavy atom. The highest BCUT2D eigenvalue weighted by Gasteiger charge is 2.18. The number of nitrogens with one attached hydrogen (secondary N) is 2. The van der Waals surface area contributed by atoms with Crippen LogP contribution in [0, 0.1) is 13.8 Å². The molecule has 170 valence electrons. The summed E-state index contributed by atoms with van der Waals surface area (Å²) in [7, 11) is 0. The van der Waals surface area contributed by atoms with Crippen molar-refractivity contribution in [1.82, 2.24) is 25.3 Å². The molecule has 0 radical (unpaired) electrons. The monoisotopic (exact) mass is 457 g/mol. The summed E-state index contributed by atoms with van der Waals surface area (Å²) < 4.78 is 11.0. The van der Waals surface area contributed by atoms with Crippen molar-refractivity contribution in [2.75, 3.05) is 43.1 Å². The fraction of sp³-hybridized carbons (Fsp3) is 0.476. The highest BCUT2D eigenvalue weighted by atomic mass is 32.1. The average molecular weight is 458 g/mol. The van der Waals surface area contributed by atoms with Crippen LogP contribution >= 0.6 is 11.3 Å². The molecule has 3 aromatic rings. The molecular weight excluding hydrogens is 430 g/mol. The van der Waals surface area contributed by atoms with Gasteiger partial charge in [-0.25, -0.2) is 24.7 Å². The summed E-state index contributed by atoms with van der Waals surface area (Å²) in [5.74, 6) is 2.15. The van der Waals surface area contributed by atoms with Gasteiger partial charge in [0.1, 0.15) is 5.76 Å². The molecule has 2 N–H and O–H groups in total. The smallest absolute Gasteiger partial charge is 0.321 e. The van der Waals surface area contributed by atoms with Crippen LogP contribution in [0.3, 0.4) is 0 Å². The van der Waals surface area contributed by atoms with E-state index in [0.29, 0.717) is 43.1 Å². The second-order valence-corrected chi connectivity index (χ2v) is 8.43. The van der Waals surface area contributed by atoms with Crippen LogP contribution in [0.5, 0.6) is 0 Å². The lowest BCUT2D eigenvalue weighted by Crippen LogP contribution is -2.37. The van der Waals surface area contributed by atoms with Gasteiger partial charge in [-0.15, -0.1) is 0 Å². The molecule has 10 nitrogen and oxygen atoms in total. The third kappa shape index (κ3) is 5.40. The Hall–Kier alpha value is -3.05. The van der Waals surface area contributed by atoms with Crippen LogP contribution < -0.4 is 15.5 Å². The van der Waals surface area contributed by atoms with E-state index >= 15 is 0 Å². The highest BCUT2D eigenvalue weighted by molar-refractivity contribution is 7.19. The number of ether oxygens (including phenoxy) is 1. The molecule has 1 fully saturated rings. The first-order chi connectivity index (χ1) is 15.5. The number of carbonyl (C=O) groups excluding carboxylic acids is 1. The van der Waals surface area contributed by atoms with Crippen molar-refractivity contribution in [2.24, 2.45) is 0 Å². The van der Waals surface area contributed by atoms with Crippen LogP contribution in [0.1, 0.15) is 30.0 Å². The molecule has 1 aliphatic rings. The summed E-state index contributed by atoms with van der Waals surface area (Å²) in [6, 6.07) is 1.62.